The molecule has 0 atom stereocenters. The molecule has 2 heterocycles. The minimum Gasteiger partial charge on any atom is -0.311 e. The van der Waals surface area contributed by atoms with E-state index in [0.29, 0.717) is 0 Å². The molecule has 240 valence electrons. The van der Waals surface area contributed by atoms with Crippen LogP contribution in [0.5, 0.6) is 0 Å². The zero-order chi connectivity index (χ0) is 33.8. The molecule has 51 heavy (non-hydrogen) atoms. The van der Waals surface area contributed by atoms with Gasteiger partial charge in [-0.1, -0.05) is 152 Å². The summed E-state index contributed by atoms with van der Waals surface area (Å²) in [6.45, 7) is 0. The molecule has 0 bridgehead atoms. The van der Waals surface area contributed by atoms with Gasteiger partial charge in [0, 0.05) is 33.5 Å². The van der Waals surface area contributed by atoms with Crippen molar-refractivity contribution in [3.8, 4) is 16.8 Å². The van der Waals surface area contributed by atoms with Gasteiger partial charge in [0.1, 0.15) is 0 Å². The summed E-state index contributed by atoms with van der Waals surface area (Å²) in [5, 5.41) is 8.12. The van der Waals surface area contributed by atoms with Crippen molar-refractivity contribution in [2.75, 3.05) is 4.90 Å². The molecule has 0 spiro atoms. The first kappa shape index (κ1) is 29.5. The number of hydrogen-bond acceptors (Lipinski definition) is 1. The van der Waals surface area contributed by atoms with Gasteiger partial charge in [0.05, 0.1) is 11.0 Å². The third-order valence-electron chi connectivity index (χ3n) is 10.6. The summed E-state index contributed by atoms with van der Waals surface area (Å²) < 4.78 is 2.38. The average Bonchev–Trinajstić information content (AvgIpc) is 3.55. The van der Waals surface area contributed by atoms with E-state index in [2.05, 4.69) is 216 Å². The van der Waals surface area contributed by atoms with Crippen LogP contribution in [-0.4, -0.2) is 12.6 Å². The highest BCUT2D eigenvalue weighted by Gasteiger charge is 2.48. The summed E-state index contributed by atoms with van der Waals surface area (Å²) in [5.41, 5.74) is 9.65. The molecular weight excluding hydrogens is 633 g/mol. The Labute approximate surface area is 299 Å². The lowest BCUT2D eigenvalue weighted by Crippen LogP contribution is -2.77. The van der Waals surface area contributed by atoms with E-state index in [1.165, 1.54) is 70.7 Å². The molecular formula is C48H34N2Si. The van der Waals surface area contributed by atoms with Gasteiger partial charge in [-0.25, -0.2) is 0 Å². The van der Waals surface area contributed by atoms with Gasteiger partial charge < -0.3 is 9.47 Å². The summed E-state index contributed by atoms with van der Waals surface area (Å²) in [6.07, 6.45) is 0. The van der Waals surface area contributed by atoms with Crippen molar-refractivity contribution in [2.45, 2.75) is 0 Å². The molecule has 0 saturated heterocycles. The van der Waals surface area contributed by atoms with E-state index in [4.69, 9.17) is 0 Å². The normalized spacial score (nSPS) is 13.2. The van der Waals surface area contributed by atoms with E-state index in [-0.39, 0.29) is 0 Å². The Morgan fingerprint density at radius 3 is 1.51 bits per heavy atom. The number of benzene rings is 8. The van der Waals surface area contributed by atoms with Crippen LogP contribution in [-0.2, 0) is 0 Å². The van der Waals surface area contributed by atoms with Gasteiger partial charge in [0.25, 0.3) is 0 Å². The highest BCUT2D eigenvalue weighted by molar-refractivity contribution is 7.21. The molecule has 3 heteroatoms. The van der Waals surface area contributed by atoms with Crippen molar-refractivity contribution in [1.29, 1.82) is 0 Å². The molecule has 0 aliphatic carbocycles. The number of para-hydroxylation sites is 4. The number of rotatable bonds is 5. The van der Waals surface area contributed by atoms with Crippen LogP contribution in [0.1, 0.15) is 0 Å². The Hall–Kier alpha value is -6.42. The van der Waals surface area contributed by atoms with Crippen molar-refractivity contribution in [2.24, 2.45) is 0 Å². The van der Waals surface area contributed by atoms with Crippen molar-refractivity contribution >= 4 is 67.7 Å². The predicted molar refractivity (Wildman–Crippen MR) is 218 cm³/mol. The topological polar surface area (TPSA) is 8.17 Å². The SMILES string of the molecule is c1ccc(-n2c3ccccc3c3cc(-c4cccc(N5c6ccccc6[Si](c6ccccc6)(c6ccccc6)c6ccccc65)c4)ccc32)cc1. The van der Waals surface area contributed by atoms with Crippen LogP contribution in [0.25, 0.3) is 38.6 Å². The van der Waals surface area contributed by atoms with E-state index in [0.717, 1.165) is 5.69 Å². The summed E-state index contributed by atoms with van der Waals surface area (Å²) in [4.78, 5) is 2.49. The van der Waals surface area contributed by atoms with Gasteiger partial charge >= 0.3 is 0 Å². The van der Waals surface area contributed by atoms with Gasteiger partial charge in [-0.15, -0.1) is 0 Å². The number of nitrogens with zero attached hydrogens (tertiary/aromatic N) is 2. The van der Waals surface area contributed by atoms with Gasteiger partial charge in [-0.2, -0.15) is 0 Å². The highest BCUT2D eigenvalue weighted by Crippen LogP contribution is 2.40. The minimum atomic E-state index is -2.65. The van der Waals surface area contributed by atoms with Crippen molar-refractivity contribution < 1.29 is 0 Å². The Bertz CT molecular complexity index is 2610. The lowest BCUT2D eigenvalue weighted by atomic mass is 10.0. The number of anilines is 3. The Morgan fingerprint density at radius 2 is 0.843 bits per heavy atom. The van der Waals surface area contributed by atoms with Gasteiger partial charge in [-0.3, -0.25) is 0 Å². The second-order valence-electron chi connectivity index (χ2n) is 13.3. The summed E-state index contributed by atoms with van der Waals surface area (Å²) in [5.74, 6) is 0. The van der Waals surface area contributed by atoms with Crippen molar-refractivity contribution in [1.82, 2.24) is 4.57 Å². The van der Waals surface area contributed by atoms with E-state index in [1.54, 1.807) is 0 Å². The molecule has 0 unspecified atom stereocenters. The lowest BCUT2D eigenvalue weighted by Gasteiger charge is -2.45. The monoisotopic (exact) mass is 666 g/mol. The largest absolute Gasteiger partial charge is 0.311 e. The van der Waals surface area contributed by atoms with Crippen molar-refractivity contribution in [3.05, 3.63) is 206 Å². The number of fused-ring (bicyclic) bond motifs is 5. The molecule has 10 rings (SSSR count). The molecule has 8 aromatic carbocycles. The van der Waals surface area contributed by atoms with Crippen LogP contribution >= 0.6 is 0 Å². The summed E-state index contributed by atoms with van der Waals surface area (Å²) in [7, 11) is -2.65. The molecule has 1 aliphatic heterocycles. The van der Waals surface area contributed by atoms with E-state index < -0.39 is 8.07 Å². The van der Waals surface area contributed by atoms with Gasteiger partial charge in [-0.05, 0) is 86.5 Å². The number of hydrogen-bond donors (Lipinski definition) is 0. The fourth-order valence-corrected chi connectivity index (χ4v) is 13.6. The first-order chi connectivity index (χ1) is 25.3. The molecule has 2 nitrogen and oxygen atoms in total. The Balaban J connectivity index is 1.17. The third kappa shape index (κ3) is 4.49. The van der Waals surface area contributed by atoms with Gasteiger partial charge in [0.2, 0.25) is 0 Å². The minimum absolute atomic E-state index is 1.16. The Kier molecular flexibility index (Phi) is 6.86. The van der Waals surface area contributed by atoms with Crippen LogP contribution < -0.4 is 25.6 Å². The number of aromatic nitrogens is 1. The van der Waals surface area contributed by atoms with Crippen LogP contribution in [0.2, 0.25) is 0 Å². The Morgan fingerprint density at radius 1 is 0.333 bits per heavy atom. The molecule has 0 fully saturated rings. The fourth-order valence-electron chi connectivity index (χ4n) is 8.52. The predicted octanol–water partition coefficient (Wildman–Crippen LogP) is 9.61. The molecule has 0 radical (unpaired) electrons. The van der Waals surface area contributed by atoms with Crippen LogP contribution in [0.3, 0.4) is 0 Å². The molecule has 0 amide bonds. The van der Waals surface area contributed by atoms with Gasteiger partial charge in [0.15, 0.2) is 8.07 Å². The maximum atomic E-state index is 2.49. The molecule has 0 N–H and O–H groups in total. The fraction of sp³-hybridized carbons (Fsp3) is 0. The van der Waals surface area contributed by atoms with Crippen LogP contribution in [0.15, 0.2) is 206 Å². The van der Waals surface area contributed by atoms with Crippen molar-refractivity contribution in [3.63, 3.8) is 0 Å². The second-order valence-corrected chi connectivity index (χ2v) is 17.1. The zero-order valence-electron chi connectivity index (χ0n) is 28.0. The standard InChI is InChI=1S/C48H34N2Si/c1-4-18-37(19-5-1)49-43-26-11-10-25-41(43)42-34-36(31-32-44(42)49)35-17-16-20-38(33-35)50-45-27-12-14-29-47(45)51(39-21-6-2-7-22-39,40-23-8-3-9-24-40)48-30-15-13-28-46(48)50/h1-34H. The molecule has 1 aliphatic rings. The smallest absolute Gasteiger partial charge is 0.184 e. The first-order valence-corrected chi connectivity index (χ1v) is 19.6. The molecule has 1 aromatic heterocycles. The first-order valence-electron chi connectivity index (χ1n) is 17.6. The molecule has 0 saturated carbocycles. The van der Waals surface area contributed by atoms with Crippen LogP contribution in [0, 0.1) is 0 Å². The van der Waals surface area contributed by atoms with E-state index >= 15 is 0 Å². The highest BCUT2D eigenvalue weighted by atomic mass is 28.3. The van der Waals surface area contributed by atoms with E-state index in [1.807, 2.05) is 0 Å². The maximum Gasteiger partial charge on any atom is 0.184 e. The summed E-state index contributed by atoms with van der Waals surface area (Å²) >= 11 is 0. The average molecular weight is 667 g/mol. The zero-order valence-corrected chi connectivity index (χ0v) is 29.0. The molecule has 9 aromatic rings. The lowest BCUT2D eigenvalue weighted by molar-refractivity contribution is 1.18. The second kappa shape index (κ2) is 11.9. The maximum absolute atomic E-state index is 2.65. The summed E-state index contributed by atoms with van der Waals surface area (Å²) in [6, 6.07) is 76.0. The third-order valence-corrected chi connectivity index (χ3v) is 15.5. The van der Waals surface area contributed by atoms with E-state index in [9.17, 15) is 0 Å². The van der Waals surface area contributed by atoms with Crippen LogP contribution in [0.4, 0.5) is 17.1 Å². The quantitative estimate of drug-likeness (QED) is 0.166.